The first-order chi connectivity index (χ1) is 7.71. The second-order valence-corrected chi connectivity index (χ2v) is 3.49. The molecule has 3 nitrogen and oxygen atoms in total. The van der Waals surface area contributed by atoms with Crippen LogP contribution in [-0.4, -0.2) is 25.4 Å². The zero-order valence-electron chi connectivity index (χ0n) is 9.99. The highest BCUT2D eigenvalue weighted by Gasteiger charge is 2.03. The maximum atomic E-state index is 8.95. The predicted octanol–water partition coefficient (Wildman–Crippen LogP) is 2.49. The molecule has 0 saturated carbocycles. The van der Waals surface area contributed by atoms with Gasteiger partial charge in [0.1, 0.15) is 0 Å². The number of ether oxygens (including phenoxy) is 2. The highest BCUT2D eigenvalue weighted by Crippen LogP contribution is 2.28. The van der Waals surface area contributed by atoms with Crippen molar-refractivity contribution in [2.24, 2.45) is 0 Å². The lowest BCUT2D eigenvalue weighted by Crippen LogP contribution is -1.95. The summed E-state index contributed by atoms with van der Waals surface area (Å²) in [5, 5.41) is 8.95. The maximum Gasteiger partial charge on any atom is 0.161 e. The van der Waals surface area contributed by atoms with E-state index in [2.05, 4.69) is 0 Å². The zero-order chi connectivity index (χ0) is 12.0. The van der Waals surface area contributed by atoms with E-state index < -0.39 is 0 Å². The molecule has 3 heteroatoms. The van der Waals surface area contributed by atoms with Crippen LogP contribution < -0.4 is 9.47 Å². The summed E-state index contributed by atoms with van der Waals surface area (Å²) in [5.74, 6) is 1.45. The number of benzene rings is 1. The second kappa shape index (κ2) is 6.18. The molecule has 0 spiro atoms. The van der Waals surface area contributed by atoms with E-state index in [4.69, 9.17) is 14.6 Å². The van der Waals surface area contributed by atoms with Crippen LogP contribution in [0, 0.1) is 0 Å². The van der Waals surface area contributed by atoms with E-state index in [0.29, 0.717) is 6.61 Å². The molecule has 1 aromatic carbocycles. The number of aliphatic hydroxyl groups is 1. The molecule has 0 aliphatic rings. The van der Waals surface area contributed by atoms with E-state index in [-0.39, 0.29) is 6.61 Å². The smallest absolute Gasteiger partial charge is 0.161 e. The molecule has 0 aromatic heterocycles. The first-order valence-corrected chi connectivity index (χ1v) is 5.30. The molecule has 0 fully saturated rings. The van der Waals surface area contributed by atoms with Crippen molar-refractivity contribution in [2.45, 2.75) is 13.8 Å². The average Bonchev–Trinajstić information content (AvgIpc) is 2.30. The van der Waals surface area contributed by atoms with E-state index in [1.807, 2.05) is 38.1 Å². The van der Waals surface area contributed by atoms with Gasteiger partial charge in [-0.2, -0.15) is 0 Å². The van der Waals surface area contributed by atoms with E-state index >= 15 is 0 Å². The molecule has 1 aromatic rings. The van der Waals surface area contributed by atoms with Gasteiger partial charge in [-0.1, -0.05) is 12.1 Å². The summed E-state index contributed by atoms with van der Waals surface area (Å²) in [6.07, 6.45) is 1.92. The van der Waals surface area contributed by atoms with Crippen LogP contribution in [-0.2, 0) is 0 Å². The minimum Gasteiger partial charge on any atom is -0.493 e. The van der Waals surface area contributed by atoms with Crippen molar-refractivity contribution in [3.8, 4) is 11.5 Å². The van der Waals surface area contributed by atoms with Crippen molar-refractivity contribution in [3.05, 3.63) is 29.3 Å². The van der Waals surface area contributed by atoms with Crippen LogP contribution in [0.4, 0.5) is 0 Å². The molecular formula is C13H18O3. The van der Waals surface area contributed by atoms with Crippen LogP contribution >= 0.6 is 0 Å². The van der Waals surface area contributed by atoms with Gasteiger partial charge < -0.3 is 14.6 Å². The Morgan fingerprint density at radius 3 is 2.69 bits per heavy atom. The fourth-order valence-corrected chi connectivity index (χ4v) is 1.38. The van der Waals surface area contributed by atoms with Gasteiger partial charge in [-0.3, -0.25) is 0 Å². The second-order valence-electron chi connectivity index (χ2n) is 3.49. The molecule has 1 N–H and O–H groups in total. The van der Waals surface area contributed by atoms with Gasteiger partial charge in [-0.05, 0) is 37.1 Å². The van der Waals surface area contributed by atoms with Gasteiger partial charge in [-0.15, -0.1) is 0 Å². The molecular weight excluding hydrogens is 204 g/mol. The largest absolute Gasteiger partial charge is 0.493 e. The van der Waals surface area contributed by atoms with Crippen molar-refractivity contribution in [1.29, 1.82) is 0 Å². The topological polar surface area (TPSA) is 38.7 Å². The highest BCUT2D eigenvalue weighted by molar-refractivity contribution is 5.57. The summed E-state index contributed by atoms with van der Waals surface area (Å²) in [4.78, 5) is 0. The summed E-state index contributed by atoms with van der Waals surface area (Å²) in [6, 6.07) is 5.70. The lowest BCUT2D eigenvalue weighted by molar-refractivity contribution is 0.311. The molecule has 0 radical (unpaired) electrons. The molecule has 88 valence electrons. The van der Waals surface area contributed by atoms with Crippen molar-refractivity contribution in [2.75, 3.05) is 20.3 Å². The van der Waals surface area contributed by atoms with Crippen LogP contribution in [0.15, 0.2) is 23.8 Å². The Bertz CT molecular complexity index is 369. The van der Waals surface area contributed by atoms with Crippen molar-refractivity contribution < 1.29 is 14.6 Å². The number of rotatable bonds is 5. The Hall–Kier alpha value is -1.48. The molecule has 0 unspecified atom stereocenters. The Balaban J connectivity index is 3.01. The van der Waals surface area contributed by atoms with Crippen molar-refractivity contribution >= 4 is 6.08 Å². The predicted molar refractivity (Wildman–Crippen MR) is 64.9 cm³/mol. The Kier molecular flexibility index (Phi) is 4.86. The van der Waals surface area contributed by atoms with E-state index in [1.54, 1.807) is 7.11 Å². The van der Waals surface area contributed by atoms with Crippen LogP contribution in [0.5, 0.6) is 11.5 Å². The lowest BCUT2D eigenvalue weighted by Gasteiger charge is -2.09. The molecule has 0 amide bonds. The Morgan fingerprint density at radius 2 is 2.12 bits per heavy atom. The minimum atomic E-state index is 0.0655. The molecule has 0 aliphatic heterocycles. The molecule has 16 heavy (non-hydrogen) atoms. The molecule has 1 rings (SSSR count). The third kappa shape index (κ3) is 3.28. The summed E-state index contributed by atoms with van der Waals surface area (Å²) in [6.45, 7) is 4.48. The normalized spacial score (nSPS) is 11.4. The fraction of sp³-hybridized carbons (Fsp3) is 0.385. The van der Waals surface area contributed by atoms with Gasteiger partial charge >= 0.3 is 0 Å². The number of aliphatic hydroxyl groups excluding tert-OH is 1. The van der Waals surface area contributed by atoms with Gasteiger partial charge in [0, 0.05) is 0 Å². The average molecular weight is 222 g/mol. The third-order valence-corrected chi connectivity index (χ3v) is 2.15. The number of methoxy groups -OCH3 is 1. The highest BCUT2D eigenvalue weighted by atomic mass is 16.5. The fourth-order valence-electron chi connectivity index (χ4n) is 1.38. The van der Waals surface area contributed by atoms with Gasteiger partial charge in [-0.25, -0.2) is 0 Å². The van der Waals surface area contributed by atoms with Crippen LogP contribution in [0.3, 0.4) is 0 Å². The SMILES string of the molecule is CCOc1cc(C=C(C)CO)ccc1OC. The zero-order valence-corrected chi connectivity index (χ0v) is 9.99. The molecule has 0 heterocycles. The van der Waals surface area contributed by atoms with Crippen molar-refractivity contribution in [1.82, 2.24) is 0 Å². The summed E-state index contributed by atoms with van der Waals surface area (Å²) < 4.78 is 10.7. The monoisotopic (exact) mass is 222 g/mol. The number of hydrogen-bond donors (Lipinski definition) is 1. The summed E-state index contributed by atoms with van der Waals surface area (Å²) in [7, 11) is 1.62. The lowest BCUT2D eigenvalue weighted by atomic mass is 10.1. The molecule has 0 aliphatic carbocycles. The molecule has 0 bridgehead atoms. The Morgan fingerprint density at radius 1 is 1.38 bits per heavy atom. The summed E-state index contributed by atoms with van der Waals surface area (Å²) >= 11 is 0. The van der Waals surface area contributed by atoms with Gasteiger partial charge in [0.2, 0.25) is 0 Å². The van der Waals surface area contributed by atoms with Gasteiger partial charge in [0.25, 0.3) is 0 Å². The van der Waals surface area contributed by atoms with Crippen LogP contribution in [0.1, 0.15) is 19.4 Å². The van der Waals surface area contributed by atoms with E-state index in [1.165, 1.54) is 0 Å². The minimum absolute atomic E-state index is 0.0655. The van der Waals surface area contributed by atoms with Crippen LogP contribution in [0.2, 0.25) is 0 Å². The van der Waals surface area contributed by atoms with Crippen LogP contribution in [0.25, 0.3) is 6.08 Å². The van der Waals surface area contributed by atoms with E-state index in [9.17, 15) is 0 Å². The first-order valence-electron chi connectivity index (χ1n) is 5.30. The first kappa shape index (κ1) is 12.6. The standard InChI is InChI=1S/C13H18O3/c1-4-16-13-8-11(7-10(2)9-14)5-6-12(13)15-3/h5-8,14H,4,9H2,1-3H3. The Labute approximate surface area is 96.3 Å². The molecule has 0 saturated heterocycles. The summed E-state index contributed by atoms with van der Waals surface area (Å²) in [5.41, 5.74) is 1.91. The van der Waals surface area contributed by atoms with E-state index in [0.717, 1.165) is 22.6 Å². The van der Waals surface area contributed by atoms with Gasteiger partial charge in [0.15, 0.2) is 11.5 Å². The van der Waals surface area contributed by atoms with Gasteiger partial charge in [0.05, 0.1) is 20.3 Å². The number of hydrogen-bond acceptors (Lipinski definition) is 3. The van der Waals surface area contributed by atoms with Crippen molar-refractivity contribution in [3.63, 3.8) is 0 Å². The quantitative estimate of drug-likeness (QED) is 0.831. The molecule has 0 atom stereocenters. The maximum absolute atomic E-state index is 8.95. The third-order valence-electron chi connectivity index (χ3n) is 2.15.